The first kappa shape index (κ1) is 16.4. The van der Waals surface area contributed by atoms with E-state index < -0.39 is 0 Å². The van der Waals surface area contributed by atoms with Crippen LogP contribution in [0.2, 0.25) is 0 Å². The van der Waals surface area contributed by atoms with Gasteiger partial charge >= 0.3 is 0 Å². The van der Waals surface area contributed by atoms with E-state index in [0.29, 0.717) is 18.7 Å². The molecule has 132 valence electrons. The van der Waals surface area contributed by atoms with Crippen molar-refractivity contribution in [2.45, 2.75) is 6.42 Å². The number of aromatic nitrogens is 1. The van der Waals surface area contributed by atoms with E-state index in [1.165, 1.54) is 6.07 Å². The van der Waals surface area contributed by atoms with E-state index >= 15 is 0 Å². The highest BCUT2D eigenvalue weighted by atomic mass is 16.5. The smallest absolute Gasteiger partial charge is 0.252 e. The average Bonchev–Trinajstić information content (AvgIpc) is 2.68. The number of fused-ring (bicyclic) bond motifs is 2. The fourth-order valence-corrected chi connectivity index (χ4v) is 3.45. The van der Waals surface area contributed by atoms with Crippen molar-refractivity contribution >= 4 is 16.8 Å². The third-order valence-corrected chi connectivity index (χ3v) is 4.91. The molecule has 0 saturated heterocycles. The number of carbonyl (C=O) groups excluding carboxylic acids is 1. The van der Waals surface area contributed by atoms with Gasteiger partial charge in [0.1, 0.15) is 5.75 Å². The maximum absolute atomic E-state index is 12.7. The number of ether oxygens (including phenoxy) is 1. The van der Waals surface area contributed by atoms with Gasteiger partial charge in [-0.2, -0.15) is 0 Å². The summed E-state index contributed by atoms with van der Waals surface area (Å²) < 4.78 is 7.33. The molecule has 0 aliphatic carbocycles. The first-order valence-electron chi connectivity index (χ1n) is 8.71. The van der Waals surface area contributed by atoms with Crippen LogP contribution in [-0.2, 0) is 13.5 Å². The summed E-state index contributed by atoms with van der Waals surface area (Å²) in [5.74, 6) is 0.914. The van der Waals surface area contributed by atoms with E-state index in [4.69, 9.17) is 4.74 Å². The molecule has 26 heavy (non-hydrogen) atoms. The first-order valence-corrected chi connectivity index (χ1v) is 8.71. The number of hydrogen-bond acceptors (Lipinski definition) is 3. The lowest BCUT2D eigenvalue weighted by molar-refractivity contribution is 0.0940. The van der Waals surface area contributed by atoms with Crippen LogP contribution in [0.3, 0.4) is 0 Å². The molecule has 0 saturated carbocycles. The molecule has 1 aliphatic rings. The molecule has 1 N–H and O–H groups in total. The summed E-state index contributed by atoms with van der Waals surface area (Å²) >= 11 is 0. The molecule has 0 spiro atoms. The highest BCUT2D eigenvalue weighted by molar-refractivity contribution is 6.06. The Bertz CT molecular complexity index is 1040. The quantitative estimate of drug-likeness (QED) is 0.791. The first-order chi connectivity index (χ1) is 12.6. The Hall–Kier alpha value is -3.08. The van der Waals surface area contributed by atoms with Crippen LogP contribution in [0.4, 0.5) is 0 Å². The van der Waals surface area contributed by atoms with Crippen molar-refractivity contribution in [2.24, 2.45) is 13.0 Å². The zero-order valence-electron chi connectivity index (χ0n) is 14.6. The molecule has 1 aliphatic heterocycles. The minimum absolute atomic E-state index is 0.191. The van der Waals surface area contributed by atoms with Gasteiger partial charge in [0.25, 0.3) is 11.5 Å². The minimum Gasteiger partial charge on any atom is -0.493 e. The standard InChI is InChI=1S/C21H20N2O3/c1-23-18-8-4-3-7-16(18)17(11-20(23)24)21(25)22-12-14-10-15-6-2-5-9-19(15)26-13-14/h2-9,11,14H,10,12-13H2,1H3,(H,22,25). The average molecular weight is 348 g/mol. The Kier molecular flexibility index (Phi) is 4.21. The summed E-state index contributed by atoms with van der Waals surface area (Å²) in [7, 11) is 1.71. The van der Waals surface area contributed by atoms with Gasteiger partial charge in [0.2, 0.25) is 0 Å². The highest BCUT2D eigenvalue weighted by Gasteiger charge is 2.21. The summed E-state index contributed by atoms with van der Waals surface area (Å²) in [4.78, 5) is 24.9. The molecule has 3 aromatic rings. The van der Waals surface area contributed by atoms with Gasteiger partial charge in [-0.1, -0.05) is 36.4 Å². The second-order valence-corrected chi connectivity index (χ2v) is 6.67. The number of benzene rings is 2. The van der Waals surface area contributed by atoms with Gasteiger partial charge in [-0.25, -0.2) is 0 Å². The fourth-order valence-electron chi connectivity index (χ4n) is 3.45. The zero-order chi connectivity index (χ0) is 18.1. The highest BCUT2D eigenvalue weighted by Crippen LogP contribution is 2.26. The van der Waals surface area contributed by atoms with E-state index in [2.05, 4.69) is 11.4 Å². The van der Waals surface area contributed by atoms with Crippen LogP contribution >= 0.6 is 0 Å². The molecule has 0 fully saturated rings. The van der Waals surface area contributed by atoms with E-state index in [1.54, 1.807) is 11.6 Å². The van der Waals surface area contributed by atoms with Crippen LogP contribution < -0.4 is 15.6 Å². The maximum Gasteiger partial charge on any atom is 0.252 e. The molecule has 1 atom stereocenters. The number of nitrogens with one attached hydrogen (secondary N) is 1. The Balaban J connectivity index is 1.52. The van der Waals surface area contributed by atoms with E-state index in [-0.39, 0.29) is 17.4 Å². The van der Waals surface area contributed by atoms with Crippen molar-refractivity contribution in [3.63, 3.8) is 0 Å². The van der Waals surface area contributed by atoms with Gasteiger partial charge < -0.3 is 14.6 Å². The molecule has 0 radical (unpaired) electrons. The largest absolute Gasteiger partial charge is 0.493 e. The van der Waals surface area contributed by atoms with Crippen LogP contribution in [-0.4, -0.2) is 23.6 Å². The molecule has 5 heteroatoms. The molecule has 1 aromatic heterocycles. The third kappa shape index (κ3) is 2.96. The van der Waals surface area contributed by atoms with Gasteiger partial charge in [0.15, 0.2) is 0 Å². The van der Waals surface area contributed by atoms with E-state index in [1.807, 2.05) is 42.5 Å². The fraction of sp³-hybridized carbons (Fsp3) is 0.238. The monoisotopic (exact) mass is 348 g/mol. The summed E-state index contributed by atoms with van der Waals surface area (Å²) in [5.41, 5.74) is 2.14. The van der Waals surface area contributed by atoms with Gasteiger partial charge in [0.05, 0.1) is 17.7 Å². The normalized spacial score (nSPS) is 16.0. The predicted molar refractivity (Wildman–Crippen MR) is 101 cm³/mol. The molecular formula is C21H20N2O3. The van der Waals surface area contributed by atoms with Gasteiger partial charge in [-0.15, -0.1) is 0 Å². The lowest BCUT2D eigenvalue weighted by Gasteiger charge is -2.25. The molecule has 1 unspecified atom stereocenters. The lowest BCUT2D eigenvalue weighted by atomic mass is 9.96. The summed E-state index contributed by atoms with van der Waals surface area (Å²) in [5, 5.41) is 3.75. The van der Waals surface area contributed by atoms with Crippen molar-refractivity contribution in [1.29, 1.82) is 0 Å². The lowest BCUT2D eigenvalue weighted by Crippen LogP contribution is -2.35. The number of pyridine rings is 1. The summed E-state index contributed by atoms with van der Waals surface area (Å²) in [6, 6.07) is 16.8. The maximum atomic E-state index is 12.7. The number of rotatable bonds is 3. The predicted octanol–water partition coefficient (Wildman–Crippen LogP) is 2.52. The number of amides is 1. The van der Waals surface area contributed by atoms with Crippen LogP contribution in [0.15, 0.2) is 59.4 Å². The Labute approximate surface area is 151 Å². The molecule has 1 amide bonds. The number of aryl methyl sites for hydroxylation is 1. The SMILES string of the molecule is Cn1c(=O)cc(C(=O)NCC2COc3ccccc3C2)c2ccccc21. The van der Waals surface area contributed by atoms with Crippen molar-refractivity contribution in [3.8, 4) is 5.75 Å². The second kappa shape index (κ2) is 6.67. The van der Waals surface area contributed by atoms with Crippen molar-refractivity contribution in [2.75, 3.05) is 13.2 Å². The Morgan fingerprint density at radius 2 is 1.96 bits per heavy atom. The van der Waals surface area contributed by atoms with Gasteiger partial charge in [0, 0.05) is 31.0 Å². The molecular weight excluding hydrogens is 328 g/mol. The molecule has 0 bridgehead atoms. The van der Waals surface area contributed by atoms with Crippen LogP contribution in [0.1, 0.15) is 15.9 Å². The van der Waals surface area contributed by atoms with Crippen molar-refractivity contribution in [1.82, 2.24) is 9.88 Å². The molecule has 2 aromatic carbocycles. The summed E-state index contributed by atoms with van der Waals surface area (Å²) in [6.07, 6.45) is 0.869. The topological polar surface area (TPSA) is 60.3 Å². The van der Waals surface area contributed by atoms with E-state index in [0.717, 1.165) is 28.6 Å². The second-order valence-electron chi connectivity index (χ2n) is 6.67. The van der Waals surface area contributed by atoms with Crippen molar-refractivity contribution in [3.05, 3.63) is 76.1 Å². The number of hydrogen-bond donors (Lipinski definition) is 1. The van der Waals surface area contributed by atoms with E-state index in [9.17, 15) is 9.59 Å². The van der Waals surface area contributed by atoms with Gasteiger partial charge in [-0.3, -0.25) is 9.59 Å². The summed E-state index contributed by atoms with van der Waals surface area (Å²) in [6.45, 7) is 1.09. The number of nitrogens with zero attached hydrogens (tertiary/aromatic N) is 1. The molecule has 5 nitrogen and oxygen atoms in total. The third-order valence-electron chi connectivity index (χ3n) is 4.91. The van der Waals surface area contributed by atoms with Crippen LogP contribution in [0.25, 0.3) is 10.9 Å². The van der Waals surface area contributed by atoms with Gasteiger partial charge in [-0.05, 0) is 24.1 Å². The van der Waals surface area contributed by atoms with Crippen molar-refractivity contribution < 1.29 is 9.53 Å². The van der Waals surface area contributed by atoms with Crippen LogP contribution in [0.5, 0.6) is 5.75 Å². The number of para-hydroxylation sites is 2. The minimum atomic E-state index is -0.224. The Morgan fingerprint density at radius 3 is 2.85 bits per heavy atom. The zero-order valence-corrected chi connectivity index (χ0v) is 14.6. The van der Waals surface area contributed by atoms with Crippen LogP contribution in [0, 0.1) is 5.92 Å². The number of carbonyl (C=O) groups is 1. The Morgan fingerprint density at radius 1 is 1.19 bits per heavy atom. The molecule has 4 rings (SSSR count). The molecule has 2 heterocycles.